The molecule has 0 radical (unpaired) electrons. The van der Waals surface area contributed by atoms with E-state index in [1.54, 1.807) is 0 Å². The zero-order valence-electron chi connectivity index (χ0n) is 17.9. The van der Waals surface area contributed by atoms with Gasteiger partial charge in [0, 0.05) is 20.3 Å². The molecule has 0 unspecified atom stereocenters. The monoisotopic (exact) mass is 360 g/mol. The molecule has 0 aromatic carbocycles. The van der Waals surface area contributed by atoms with Gasteiger partial charge in [0.25, 0.3) is 0 Å². The van der Waals surface area contributed by atoms with Crippen molar-refractivity contribution in [3.8, 4) is 0 Å². The molecule has 3 nitrogen and oxygen atoms in total. The van der Waals surface area contributed by atoms with Gasteiger partial charge in [0.2, 0.25) is 0 Å². The van der Waals surface area contributed by atoms with E-state index in [4.69, 9.17) is 0 Å². The highest BCUT2D eigenvalue weighted by Gasteiger charge is 2.60. The van der Waals surface area contributed by atoms with E-state index in [2.05, 4.69) is 48.3 Å². The molecule has 0 bridgehead atoms. The maximum atomic E-state index is 13.8. The van der Waals surface area contributed by atoms with Gasteiger partial charge >= 0.3 is 10.0 Å². The Hall–Kier alpha value is -0.380. The highest BCUT2D eigenvalue weighted by molar-refractivity contribution is 7.87. The van der Waals surface area contributed by atoms with Crippen molar-refractivity contribution in [2.45, 2.75) is 112 Å². The second kappa shape index (κ2) is 7.47. The summed E-state index contributed by atoms with van der Waals surface area (Å²) in [6, 6.07) is 0. The maximum absolute atomic E-state index is 13.8. The van der Waals surface area contributed by atoms with Crippen molar-refractivity contribution in [1.82, 2.24) is 0 Å². The Morgan fingerprint density at radius 3 is 1.42 bits per heavy atom. The fraction of sp³-hybridized carbons (Fsp3) is 0.950. The normalized spacial score (nSPS) is 14.8. The van der Waals surface area contributed by atoms with Gasteiger partial charge in [0.15, 0.2) is 5.54 Å². The summed E-state index contributed by atoms with van der Waals surface area (Å²) >= 11 is 0. The Kier molecular flexibility index (Phi) is 7.35. The van der Waals surface area contributed by atoms with Crippen LogP contribution in [0.5, 0.6) is 0 Å². The Balaban J connectivity index is 6.30. The minimum atomic E-state index is -3.55. The minimum Gasteiger partial charge on any atom is -0.163 e. The van der Waals surface area contributed by atoms with E-state index in [0.29, 0.717) is 12.8 Å². The molecule has 24 heavy (non-hydrogen) atoms. The number of hydrogen-bond donors (Lipinski definition) is 0. The summed E-state index contributed by atoms with van der Waals surface area (Å²) in [5, 5.41) is 0. The van der Waals surface area contributed by atoms with Crippen molar-refractivity contribution in [3.05, 3.63) is 0 Å². The van der Waals surface area contributed by atoms with Crippen LogP contribution >= 0.6 is 0 Å². The second-order valence-electron chi connectivity index (χ2n) is 9.37. The first-order valence-corrected chi connectivity index (χ1v) is 10.9. The zero-order valence-corrected chi connectivity index (χ0v) is 18.7. The molecule has 0 aromatic heterocycles. The Morgan fingerprint density at radius 1 is 0.792 bits per heavy atom. The first-order valence-electron chi connectivity index (χ1n) is 9.46. The minimum absolute atomic E-state index is 0.0366. The molecule has 0 amide bonds. The predicted molar refractivity (Wildman–Crippen MR) is 106 cm³/mol. The van der Waals surface area contributed by atoms with Crippen LogP contribution in [0, 0.1) is 10.8 Å². The van der Waals surface area contributed by atoms with Gasteiger partial charge in [-0.2, -0.15) is 8.42 Å². The van der Waals surface area contributed by atoms with Crippen LogP contribution in [0.2, 0.25) is 0 Å². The van der Waals surface area contributed by atoms with Crippen molar-refractivity contribution in [2.24, 2.45) is 10.8 Å². The first kappa shape index (κ1) is 23.6. The molecule has 4 heteroatoms. The van der Waals surface area contributed by atoms with Gasteiger partial charge in [-0.05, 0) is 36.5 Å². The molecule has 0 saturated heterocycles. The molecule has 0 aliphatic rings. The first-order chi connectivity index (χ1) is 10.6. The number of nitrogens with zero attached hydrogens (tertiary/aromatic N) is 1. The van der Waals surface area contributed by atoms with Crippen LogP contribution in [0.25, 0.3) is 0 Å². The standard InChI is InChI=1S/C20H42NO2S/c1-12-19(10,13-2)20(14-3,15-4)24(22,23)21(11)18(8,9)16-17(5,6)7/h11-16H2,1-10H3/q+1. The van der Waals surface area contributed by atoms with E-state index < -0.39 is 20.3 Å². The largest absolute Gasteiger partial charge is 0.370 e. The summed E-state index contributed by atoms with van der Waals surface area (Å²) in [6.45, 7) is 24.8. The lowest BCUT2D eigenvalue weighted by atomic mass is 9.69. The molecule has 0 aromatic rings. The third-order valence-electron chi connectivity index (χ3n) is 6.22. The van der Waals surface area contributed by atoms with Crippen LogP contribution in [0.15, 0.2) is 0 Å². The van der Waals surface area contributed by atoms with E-state index in [1.807, 2.05) is 27.7 Å². The Bertz CT molecular complexity index is 530. The van der Waals surface area contributed by atoms with Crippen LogP contribution < -0.4 is 0 Å². The lowest BCUT2D eigenvalue weighted by Gasteiger charge is -2.45. The summed E-state index contributed by atoms with van der Waals surface area (Å²) in [6.07, 6.45) is 3.68. The summed E-state index contributed by atoms with van der Waals surface area (Å²) in [4.78, 5) is 0. The number of sulfonamides is 1. The molecule has 144 valence electrons. The quantitative estimate of drug-likeness (QED) is 0.395. The van der Waals surface area contributed by atoms with Gasteiger partial charge in [0.05, 0.1) is 0 Å². The molecule has 0 atom stereocenters. The van der Waals surface area contributed by atoms with Gasteiger partial charge in [-0.15, -0.1) is 3.98 Å². The molecule has 0 rings (SSSR count). The molecular weight excluding hydrogens is 318 g/mol. The average molecular weight is 361 g/mol. The molecule has 0 N–H and O–H groups in total. The molecule has 0 aliphatic heterocycles. The molecular formula is C20H42NO2S+. The molecule has 0 saturated carbocycles. The van der Waals surface area contributed by atoms with E-state index in [-0.39, 0.29) is 10.8 Å². The van der Waals surface area contributed by atoms with Crippen LogP contribution in [-0.2, 0) is 10.0 Å². The summed E-state index contributed by atoms with van der Waals surface area (Å²) in [5.41, 5.74) is -0.743. The second-order valence-corrected chi connectivity index (χ2v) is 11.5. The van der Waals surface area contributed by atoms with Crippen LogP contribution in [-0.4, -0.2) is 29.4 Å². The summed E-state index contributed by atoms with van der Waals surface area (Å²) in [7, 11) is -3.55. The van der Waals surface area contributed by atoms with E-state index in [1.165, 1.54) is 3.98 Å². The fourth-order valence-electron chi connectivity index (χ4n) is 4.60. The summed E-state index contributed by atoms with van der Waals surface area (Å²) < 4.78 is 28.2. The van der Waals surface area contributed by atoms with Gasteiger partial charge in [-0.25, -0.2) is 0 Å². The SMILES string of the molecule is C=[N+](C(C)(C)CC(C)(C)C)S(=O)(=O)C(CC)(CC)C(C)(CC)CC. The van der Waals surface area contributed by atoms with Crippen LogP contribution in [0.1, 0.15) is 101 Å². The van der Waals surface area contributed by atoms with E-state index in [9.17, 15) is 8.42 Å². The van der Waals surface area contributed by atoms with Crippen LogP contribution in [0.4, 0.5) is 0 Å². The van der Waals surface area contributed by atoms with Gasteiger partial charge in [-0.3, -0.25) is 0 Å². The van der Waals surface area contributed by atoms with Crippen molar-refractivity contribution >= 4 is 16.7 Å². The fourth-order valence-corrected chi connectivity index (χ4v) is 7.37. The van der Waals surface area contributed by atoms with Gasteiger partial charge < -0.3 is 0 Å². The third-order valence-corrected chi connectivity index (χ3v) is 9.36. The van der Waals surface area contributed by atoms with Gasteiger partial charge in [-0.1, -0.05) is 55.4 Å². The number of hydrogen-bond acceptors (Lipinski definition) is 2. The Labute approximate surface area is 152 Å². The molecule has 0 fully saturated rings. The lowest BCUT2D eigenvalue weighted by molar-refractivity contribution is -0.459. The number of rotatable bonds is 9. The lowest BCUT2D eigenvalue weighted by Crippen LogP contribution is -2.58. The zero-order chi connectivity index (χ0) is 19.6. The van der Waals surface area contributed by atoms with Crippen molar-refractivity contribution < 1.29 is 12.4 Å². The van der Waals surface area contributed by atoms with E-state index >= 15 is 0 Å². The van der Waals surface area contributed by atoms with Crippen LogP contribution in [0.3, 0.4) is 0 Å². The highest BCUT2D eigenvalue weighted by atomic mass is 32.2. The van der Waals surface area contributed by atoms with Gasteiger partial charge in [0.1, 0.15) is 11.5 Å². The topological polar surface area (TPSA) is 37.1 Å². The molecule has 0 heterocycles. The molecule has 0 aliphatic carbocycles. The van der Waals surface area contributed by atoms with Crippen molar-refractivity contribution in [3.63, 3.8) is 0 Å². The summed E-state index contributed by atoms with van der Waals surface area (Å²) in [5.74, 6) is 0. The van der Waals surface area contributed by atoms with Crippen molar-refractivity contribution in [2.75, 3.05) is 0 Å². The van der Waals surface area contributed by atoms with Crippen molar-refractivity contribution in [1.29, 1.82) is 0 Å². The maximum Gasteiger partial charge on any atom is 0.370 e. The predicted octanol–water partition coefficient (Wildman–Crippen LogP) is 5.63. The average Bonchev–Trinajstić information content (AvgIpc) is 2.44. The molecule has 0 spiro atoms. The highest BCUT2D eigenvalue weighted by Crippen LogP contribution is 2.49. The smallest absolute Gasteiger partial charge is 0.163 e. The Morgan fingerprint density at radius 2 is 1.17 bits per heavy atom. The van der Waals surface area contributed by atoms with E-state index in [0.717, 1.165) is 19.3 Å². The third kappa shape index (κ3) is 4.05.